The van der Waals surface area contributed by atoms with Gasteiger partial charge in [0.15, 0.2) is 0 Å². The fourth-order valence-corrected chi connectivity index (χ4v) is 5.52. The maximum Gasteiger partial charge on any atom is 0.252 e. The maximum absolute atomic E-state index is 12.5. The Morgan fingerprint density at radius 2 is 1.89 bits per heavy atom. The number of halogens is 1. The predicted molar refractivity (Wildman–Crippen MR) is 111 cm³/mol. The van der Waals surface area contributed by atoms with Crippen LogP contribution in [0.5, 0.6) is 0 Å². The normalized spacial score (nSPS) is 11.8. The van der Waals surface area contributed by atoms with Crippen LogP contribution < -0.4 is 5.32 Å². The molecule has 0 saturated carbocycles. The number of aryl methyl sites for hydroxylation is 1. The Morgan fingerprint density at radius 1 is 1.21 bits per heavy atom. The zero-order chi connectivity index (χ0) is 20.5. The summed E-state index contributed by atoms with van der Waals surface area (Å²) in [5, 5.41) is 7.25. The maximum atomic E-state index is 12.5. The summed E-state index contributed by atoms with van der Waals surface area (Å²) in [6.45, 7) is 3.31. The molecule has 1 amide bonds. The fourth-order valence-electron chi connectivity index (χ4n) is 2.70. The molecule has 0 bridgehead atoms. The van der Waals surface area contributed by atoms with E-state index in [0.717, 1.165) is 27.0 Å². The molecular weight excluding hydrogens is 420 g/mol. The van der Waals surface area contributed by atoms with Gasteiger partial charge in [-0.2, -0.15) is 9.40 Å². The van der Waals surface area contributed by atoms with Gasteiger partial charge in [0.1, 0.15) is 4.21 Å². The van der Waals surface area contributed by atoms with Gasteiger partial charge in [-0.1, -0.05) is 29.8 Å². The number of para-hydroxylation sites is 1. The molecule has 0 aliphatic heterocycles. The molecule has 1 N–H and O–H groups in total. The molecule has 148 valence electrons. The minimum absolute atomic E-state index is 0.0945. The van der Waals surface area contributed by atoms with Crippen LogP contribution in [0.2, 0.25) is 4.34 Å². The van der Waals surface area contributed by atoms with Gasteiger partial charge in [0.05, 0.1) is 33.6 Å². The first-order valence-electron chi connectivity index (χ1n) is 8.33. The van der Waals surface area contributed by atoms with Gasteiger partial charge in [-0.15, -0.1) is 11.3 Å². The van der Waals surface area contributed by atoms with E-state index in [1.807, 2.05) is 37.3 Å². The molecule has 3 aromatic rings. The summed E-state index contributed by atoms with van der Waals surface area (Å²) in [7, 11) is -2.42. The number of sulfonamides is 1. The molecular formula is C18H19ClN4O3S2. The largest absolute Gasteiger partial charge is 0.322 e. The van der Waals surface area contributed by atoms with Crippen molar-refractivity contribution in [3.63, 3.8) is 0 Å². The summed E-state index contributed by atoms with van der Waals surface area (Å²) < 4.78 is 28.3. The Morgan fingerprint density at radius 3 is 2.50 bits per heavy atom. The van der Waals surface area contributed by atoms with Crippen LogP contribution in [0, 0.1) is 13.8 Å². The molecule has 3 rings (SSSR count). The van der Waals surface area contributed by atoms with Gasteiger partial charge in [0.25, 0.3) is 10.0 Å². The number of likely N-dealkylation sites (N-methyl/N-ethyl adjacent to an activating group) is 1. The summed E-state index contributed by atoms with van der Waals surface area (Å²) in [5.41, 5.74) is 2.84. The summed E-state index contributed by atoms with van der Waals surface area (Å²) in [6, 6.07) is 12.5. The van der Waals surface area contributed by atoms with Crippen molar-refractivity contribution in [2.45, 2.75) is 18.1 Å². The number of carbonyl (C=O) groups is 1. The predicted octanol–water partition coefficient (Wildman–Crippen LogP) is 3.46. The van der Waals surface area contributed by atoms with Crippen LogP contribution in [0.1, 0.15) is 11.4 Å². The highest BCUT2D eigenvalue weighted by Crippen LogP contribution is 2.28. The SMILES string of the molecule is Cc1nn(-c2ccccc2)c(C)c1NC(=O)CN(C)S(=O)(=O)c1ccc(Cl)s1. The van der Waals surface area contributed by atoms with Gasteiger partial charge in [0, 0.05) is 7.05 Å². The van der Waals surface area contributed by atoms with Crippen LogP contribution in [-0.4, -0.2) is 42.0 Å². The number of carbonyl (C=O) groups excluding carboxylic acids is 1. The summed E-state index contributed by atoms with van der Waals surface area (Å²) in [4.78, 5) is 12.5. The topological polar surface area (TPSA) is 84.3 Å². The van der Waals surface area contributed by atoms with Crippen LogP contribution in [0.15, 0.2) is 46.7 Å². The average molecular weight is 439 g/mol. The number of anilines is 1. The van der Waals surface area contributed by atoms with Crippen LogP contribution in [-0.2, 0) is 14.8 Å². The molecule has 0 saturated heterocycles. The highest BCUT2D eigenvalue weighted by atomic mass is 35.5. The van der Waals surface area contributed by atoms with Crippen molar-refractivity contribution in [2.75, 3.05) is 18.9 Å². The van der Waals surface area contributed by atoms with Crippen LogP contribution in [0.3, 0.4) is 0 Å². The molecule has 2 heterocycles. The molecule has 0 fully saturated rings. The van der Waals surface area contributed by atoms with E-state index in [1.165, 1.54) is 19.2 Å². The Hall–Kier alpha value is -2.20. The molecule has 0 atom stereocenters. The zero-order valence-corrected chi connectivity index (χ0v) is 17.9. The van der Waals surface area contributed by atoms with Gasteiger partial charge in [-0.05, 0) is 38.1 Å². The minimum Gasteiger partial charge on any atom is -0.322 e. The van der Waals surface area contributed by atoms with E-state index in [9.17, 15) is 13.2 Å². The van der Waals surface area contributed by atoms with E-state index in [-0.39, 0.29) is 10.8 Å². The number of aromatic nitrogens is 2. The first kappa shape index (κ1) is 20.5. The summed E-state index contributed by atoms with van der Waals surface area (Å²) >= 11 is 6.77. The molecule has 2 aromatic heterocycles. The lowest BCUT2D eigenvalue weighted by molar-refractivity contribution is -0.116. The average Bonchev–Trinajstić information content (AvgIpc) is 3.21. The molecule has 28 heavy (non-hydrogen) atoms. The van der Waals surface area contributed by atoms with Crippen molar-refractivity contribution in [1.29, 1.82) is 0 Å². The molecule has 0 unspecified atom stereocenters. The van der Waals surface area contributed by atoms with E-state index in [4.69, 9.17) is 11.6 Å². The van der Waals surface area contributed by atoms with Gasteiger partial charge < -0.3 is 5.32 Å². The number of hydrogen-bond donors (Lipinski definition) is 1. The van der Waals surface area contributed by atoms with E-state index in [2.05, 4.69) is 10.4 Å². The van der Waals surface area contributed by atoms with Crippen molar-refractivity contribution < 1.29 is 13.2 Å². The molecule has 0 radical (unpaired) electrons. The third-order valence-electron chi connectivity index (χ3n) is 4.14. The van der Waals surface area contributed by atoms with Gasteiger partial charge >= 0.3 is 0 Å². The number of nitrogens with zero attached hydrogens (tertiary/aromatic N) is 3. The highest BCUT2D eigenvalue weighted by molar-refractivity contribution is 7.91. The zero-order valence-electron chi connectivity index (χ0n) is 15.5. The standard InChI is InChI=1S/C18H19ClN4O3S2/c1-12-18(13(2)23(21-12)14-7-5-4-6-8-14)20-16(24)11-22(3)28(25,26)17-10-9-15(19)27-17/h4-10H,11H2,1-3H3,(H,20,24). The highest BCUT2D eigenvalue weighted by Gasteiger charge is 2.25. The van der Waals surface area contributed by atoms with Crippen molar-refractivity contribution in [2.24, 2.45) is 0 Å². The van der Waals surface area contributed by atoms with E-state index in [0.29, 0.717) is 15.7 Å². The molecule has 0 aliphatic rings. The van der Waals surface area contributed by atoms with Crippen molar-refractivity contribution >= 4 is 44.6 Å². The number of thiophene rings is 1. The van der Waals surface area contributed by atoms with Gasteiger partial charge in [-0.25, -0.2) is 13.1 Å². The smallest absolute Gasteiger partial charge is 0.252 e. The second-order valence-corrected chi connectivity index (χ2v) is 10.1. The first-order valence-corrected chi connectivity index (χ1v) is 11.0. The lowest BCUT2D eigenvalue weighted by Crippen LogP contribution is -2.34. The number of rotatable bonds is 6. The third-order valence-corrected chi connectivity index (χ3v) is 7.64. The summed E-state index contributed by atoms with van der Waals surface area (Å²) in [5.74, 6) is -0.451. The Bertz CT molecular complexity index is 1110. The molecule has 1 aromatic carbocycles. The number of benzene rings is 1. The Balaban J connectivity index is 1.76. The minimum atomic E-state index is -3.78. The quantitative estimate of drug-likeness (QED) is 0.638. The second-order valence-electron chi connectivity index (χ2n) is 6.16. The van der Waals surface area contributed by atoms with Crippen molar-refractivity contribution in [3.8, 4) is 5.69 Å². The molecule has 0 spiro atoms. The number of hydrogen-bond acceptors (Lipinski definition) is 5. The third kappa shape index (κ3) is 4.12. The van der Waals surface area contributed by atoms with E-state index in [1.54, 1.807) is 11.6 Å². The van der Waals surface area contributed by atoms with Crippen LogP contribution >= 0.6 is 22.9 Å². The Labute approximate surface area is 172 Å². The van der Waals surface area contributed by atoms with Crippen molar-refractivity contribution in [3.05, 3.63) is 58.2 Å². The number of nitrogens with one attached hydrogen (secondary N) is 1. The van der Waals surface area contributed by atoms with Crippen molar-refractivity contribution in [1.82, 2.24) is 14.1 Å². The molecule has 0 aliphatic carbocycles. The number of amides is 1. The van der Waals surface area contributed by atoms with Crippen LogP contribution in [0.25, 0.3) is 5.69 Å². The summed E-state index contributed by atoms with van der Waals surface area (Å²) in [6.07, 6.45) is 0. The molecule has 10 heteroatoms. The lowest BCUT2D eigenvalue weighted by atomic mass is 10.3. The fraction of sp³-hybridized carbons (Fsp3) is 0.222. The monoisotopic (exact) mass is 438 g/mol. The van der Waals surface area contributed by atoms with Gasteiger partial charge in [-0.3, -0.25) is 4.79 Å². The Kier molecular flexibility index (Phi) is 5.90. The molecule has 7 nitrogen and oxygen atoms in total. The second kappa shape index (κ2) is 8.04. The lowest BCUT2D eigenvalue weighted by Gasteiger charge is -2.15. The first-order chi connectivity index (χ1) is 13.2. The van der Waals surface area contributed by atoms with E-state index >= 15 is 0 Å². The van der Waals surface area contributed by atoms with Crippen LogP contribution in [0.4, 0.5) is 5.69 Å². The van der Waals surface area contributed by atoms with E-state index < -0.39 is 15.9 Å². The van der Waals surface area contributed by atoms with Gasteiger partial charge in [0.2, 0.25) is 5.91 Å².